The molecule has 0 amide bonds. The number of esters is 1. The van der Waals surface area contributed by atoms with E-state index in [1.807, 2.05) is 6.07 Å². The quantitative estimate of drug-likeness (QED) is 0.335. The molecule has 3 heteroatoms. The highest BCUT2D eigenvalue weighted by Crippen LogP contribution is 2.00. The van der Waals surface area contributed by atoms with Crippen LogP contribution in [0, 0.1) is 0 Å². The average molecular weight is 216 g/mol. The van der Waals surface area contributed by atoms with E-state index in [0.717, 1.165) is 0 Å². The number of rotatable bonds is 4. The van der Waals surface area contributed by atoms with Crippen LogP contribution in [-0.4, -0.2) is 18.9 Å². The van der Waals surface area contributed by atoms with Crippen molar-refractivity contribution in [2.75, 3.05) is 7.11 Å². The number of hydrogen-bond acceptors (Lipinski definition) is 3. The predicted octanol–water partition coefficient (Wildman–Crippen LogP) is 2.15. The van der Waals surface area contributed by atoms with Gasteiger partial charge in [0.15, 0.2) is 5.78 Å². The van der Waals surface area contributed by atoms with Crippen molar-refractivity contribution < 1.29 is 14.3 Å². The summed E-state index contributed by atoms with van der Waals surface area (Å²) in [5.41, 5.74) is 0.616. The third kappa shape index (κ3) is 3.92. The lowest BCUT2D eigenvalue weighted by atomic mass is 10.1. The van der Waals surface area contributed by atoms with Crippen molar-refractivity contribution in [3.8, 4) is 0 Å². The lowest BCUT2D eigenvalue weighted by molar-refractivity contribution is -0.134. The zero-order chi connectivity index (χ0) is 11.8. The lowest BCUT2D eigenvalue weighted by Gasteiger charge is -1.92. The summed E-state index contributed by atoms with van der Waals surface area (Å²) in [6.45, 7) is 0. The molecule has 0 fully saturated rings. The first-order chi connectivity index (χ1) is 7.74. The van der Waals surface area contributed by atoms with Crippen molar-refractivity contribution in [2.45, 2.75) is 0 Å². The van der Waals surface area contributed by atoms with Crippen LogP contribution in [0.4, 0.5) is 0 Å². The van der Waals surface area contributed by atoms with Crippen molar-refractivity contribution >= 4 is 11.8 Å². The van der Waals surface area contributed by atoms with Gasteiger partial charge < -0.3 is 4.74 Å². The first-order valence-electron chi connectivity index (χ1n) is 4.76. The van der Waals surface area contributed by atoms with Gasteiger partial charge in [0.25, 0.3) is 0 Å². The van der Waals surface area contributed by atoms with E-state index in [-0.39, 0.29) is 5.78 Å². The van der Waals surface area contributed by atoms with E-state index in [4.69, 9.17) is 0 Å². The van der Waals surface area contributed by atoms with Crippen LogP contribution >= 0.6 is 0 Å². The van der Waals surface area contributed by atoms with E-state index < -0.39 is 5.97 Å². The number of carbonyl (C=O) groups is 2. The van der Waals surface area contributed by atoms with E-state index >= 15 is 0 Å². The zero-order valence-corrected chi connectivity index (χ0v) is 8.92. The number of carbonyl (C=O) groups excluding carboxylic acids is 2. The SMILES string of the molecule is COC(=O)/C=C/C=C/C(=O)c1ccccc1. The van der Waals surface area contributed by atoms with Gasteiger partial charge in [-0.3, -0.25) is 4.79 Å². The zero-order valence-electron chi connectivity index (χ0n) is 8.92. The molecule has 82 valence electrons. The molecule has 0 saturated heterocycles. The molecule has 0 radical (unpaired) electrons. The van der Waals surface area contributed by atoms with Gasteiger partial charge in [-0.2, -0.15) is 0 Å². The Balaban J connectivity index is 2.56. The minimum absolute atomic E-state index is 0.102. The average Bonchev–Trinajstić information content (AvgIpc) is 2.35. The second-order valence-electron chi connectivity index (χ2n) is 2.97. The molecule has 0 unspecified atom stereocenters. The fraction of sp³-hybridized carbons (Fsp3) is 0.0769. The molecule has 1 aromatic rings. The van der Waals surface area contributed by atoms with Crippen molar-refractivity contribution in [3.63, 3.8) is 0 Å². The van der Waals surface area contributed by atoms with Crippen molar-refractivity contribution in [1.29, 1.82) is 0 Å². The van der Waals surface area contributed by atoms with Gasteiger partial charge in [-0.25, -0.2) is 4.79 Å². The number of benzene rings is 1. The summed E-state index contributed by atoms with van der Waals surface area (Å²) in [4.78, 5) is 22.2. The Morgan fingerprint density at radius 2 is 1.69 bits per heavy atom. The summed E-state index contributed by atoms with van der Waals surface area (Å²) in [6.07, 6.45) is 5.61. The molecule has 0 atom stereocenters. The smallest absolute Gasteiger partial charge is 0.330 e. The Morgan fingerprint density at radius 3 is 2.31 bits per heavy atom. The molecule has 16 heavy (non-hydrogen) atoms. The van der Waals surface area contributed by atoms with Crippen molar-refractivity contribution in [1.82, 2.24) is 0 Å². The van der Waals surface area contributed by atoms with Gasteiger partial charge in [0, 0.05) is 11.6 Å². The summed E-state index contributed by atoms with van der Waals surface area (Å²) < 4.78 is 4.40. The van der Waals surface area contributed by atoms with Gasteiger partial charge in [-0.1, -0.05) is 42.5 Å². The highest BCUT2D eigenvalue weighted by Gasteiger charge is 1.97. The fourth-order valence-corrected chi connectivity index (χ4v) is 1.04. The minimum atomic E-state index is -0.447. The molecule has 3 nitrogen and oxygen atoms in total. The second kappa shape index (κ2) is 6.35. The summed E-state index contributed by atoms with van der Waals surface area (Å²) >= 11 is 0. The number of ketones is 1. The molecule has 1 aromatic carbocycles. The van der Waals surface area contributed by atoms with Crippen LogP contribution in [0.2, 0.25) is 0 Å². The Morgan fingerprint density at radius 1 is 1.06 bits per heavy atom. The predicted molar refractivity (Wildman–Crippen MR) is 61.1 cm³/mol. The monoisotopic (exact) mass is 216 g/mol. The second-order valence-corrected chi connectivity index (χ2v) is 2.97. The summed E-state index contributed by atoms with van der Waals surface area (Å²) in [5, 5.41) is 0. The van der Waals surface area contributed by atoms with Gasteiger partial charge in [0.1, 0.15) is 0 Å². The van der Waals surface area contributed by atoms with Gasteiger partial charge in [-0.15, -0.1) is 0 Å². The number of methoxy groups -OCH3 is 1. The van der Waals surface area contributed by atoms with Crippen LogP contribution in [0.3, 0.4) is 0 Å². The number of allylic oxidation sites excluding steroid dienone is 3. The fourth-order valence-electron chi connectivity index (χ4n) is 1.04. The van der Waals surface area contributed by atoms with E-state index in [0.29, 0.717) is 5.56 Å². The summed E-state index contributed by atoms with van der Waals surface area (Å²) in [7, 11) is 1.30. The Bertz CT molecular complexity index is 416. The minimum Gasteiger partial charge on any atom is -0.466 e. The van der Waals surface area contributed by atoms with E-state index in [1.54, 1.807) is 24.3 Å². The normalized spacial score (nSPS) is 10.8. The molecule has 0 heterocycles. The molecule has 0 aliphatic rings. The molecule has 0 aromatic heterocycles. The Kier molecular flexibility index (Phi) is 4.73. The summed E-state index contributed by atoms with van der Waals surface area (Å²) in [5.74, 6) is -0.549. The van der Waals surface area contributed by atoms with E-state index in [2.05, 4.69) is 4.74 Å². The lowest BCUT2D eigenvalue weighted by Crippen LogP contribution is -1.94. The third-order valence-corrected chi connectivity index (χ3v) is 1.85. The molecule has 0 aliphatic heterocycles. The summed E-state index contributed by atoms with van der Waals surface area (Å²) in [6, 6.07) is 8.90. The molecular weight excluding hydrogens is 204 g/mol. The molecule has 0 saturated carbocycles. The Hall–Kier alpha value is -2.16. The van der Waals surface area contributed by atoms with Gasteiger partial charge in [0.2, 0.25) is 0 Å². The van der Waals surface area contributed by atoms with Crippen LogP contribution < -0.4 is 0 Å². The van der Waals surface area contributed by atoms with Crippen LogP contribution in [-0.2, 0) is 9.53 Å². The molecule has 0 spiro atoms. The number of hydrogen-bond donors (Lipinski definition) is 0. The topological polar surface area (TPSA) is 43.4 Å². The molecular formula is C13H12O3. The standard InChI is InChI=1S/C13H12O3/c1-16-13(15)10-6-5-9-12(14)11-7-3-2-4-8-11/h2-10H,1H3/b9-5+,10-6+. The first kappa shape index (κ1) is 11.9. The Labute approximate surface area is 94.0 Å². The first-order valence-corrected chi connectivity index (χ1v) is 4.76. The number of ether oxygens (including phenoxy) is 1. The largest absolute Gasteiger partial charge is 0.466 e. The third-order valence-electron chi connectivity index (χ3n) is 1.85. The van der Waals surface area contributed by atoms with Crippen molar-refractivity contribution in [2.24, 2.45) is 0 Å². The highest BCUT2D eigenvalue weighted by molar-refractivity contribution is 6.04. The molecule has 1 rings (SSSR count). The highest BCUT2D eigenvalue weighted by atomic mass is 16.5. The van der Waals surface area contributed by atoms with Gasteiger partial charge in [-0.05, 0) is 6.08 Å². The van der Waals surface area contributed by atoms with E-state index in [1.165, 1.54) is 31.4 Å². The van der Waals surface area contributed by atoms with Crippen molar-refractivity contribution in [3.05, 3.63) is 60.2 Å². The maximum atomic E-state index is 11.5. The molecule has 0 aliphatic carbocycles. The van der Waals surface area contributed by atoms with Crippen LogP contribution in [0.1, 0.15) is 10.4 Å². The maximum absolute atomic E-state index is 11.5. The maximum Gasteiger partial charge on any atom is 0.330 e. The van der Waals surface area contributed by atoms with Gasteiger partial charge in [0.05, 0.1) is 7.11 Å². The van der Waals surface area contributed by atoms with Crippen LogP contribution in [0.5, 0.6) is 0 Å². The molecule has 0 bridgehead atoms. The van der Waals surface area contributed by atoms with E-state index in [9.17, 15) is 9.59 Å². The van der Waals surface area contributed by atoms with Gasteiger partial charge >= 0.3 is 5.97 Å². The van der Waals surface area contributed by atoms with Crippen LogP contribution in [0.25, 0.3) is 0 Å². The van der Waals surface area contributed by atoms with Crippen LogP contribution in [0.15, 0.2) is 54.6 Å². The molecule has 0 N–H and O–H groups in total.